The molecule has 21 heavy (non-hydrogen) atoms. The fraction of sp³-hybridized carbons (Fsp3) is 0.467. The van der Waals surface area contributed by atoms with Gasteiger partial charge in [0.1, 0.15) is 0 Å². The summed E-state index contributed by atoms with van der Waals surface area (Å²) in [7, 11) is 0. The molecule has 1 aliphatic rings. The van der Waals surface area contributed by atoms with E-state index in [1.165, 1.54) is 11.8 Å². The van der Waals surface area contributed by atoms with Crippen LogP contribution in [0.4, 0.5) is 5.69 Å². The van der Waals surface area contributed by atoms with Crippen LogP contribution in [-0.2, 0) is 9.59 Å². The molecule has 2 rings (SSSR count). The number of primary amides is 1. The molecule has 1 saturated heterocycles. The second-order valence-electron chi connectivity index (χ2n) is 5.11. The van der Waals surface area contributed by atoms with Crippen LogP contribution in [0.3, 0.4) is 0 Å². The summed E-state index contributed by atoms with van der Waals surface area (Å²) in [4.78, 5) is 23.8. The van der Waals surface area contributed by atoms with Crippen LogP contribution in [-0.4, -0.2) is 30.2 Å². The molecule has 0 aliphatic carbocycles. The highest BCUT2D eigenvalue weighted by atomic mass is 32.2. The van der Waals surface area contributed by atoms with Crippen molar-refractivity contribution in [2.75, 3.05) is 17.6 Å². The van der Waals surface area contributed by atoms with Crippen molar-refractivity contribution in [1.29, 1.82) is 0 Å². The first-order chi connectivity index (χ1) is 10.1. The normalized spacial score (nSPS) is 17.6. The SMILES string of the molecule is NC(=O)CCSc1ccccc1NC(=O)CC1CCCN1. The Kier molecular flexibility index (Phi) is 6.07. The van der Waals surface area contributed by atoms with E-state index in [0.29, 0.717) is 24.6 Å². The summed E-state index contributed by atoms with van der Waals surface area (Å²) in [5.41, 5.74) is 5.94. The molecule has 0 bridgehead atoms. The summed E-state index contributed by atoms with van der Waals surface area (Å²) >= 11 is 1.53. The Hall–Kier alpha value is -1.53. The quantitative estimate of drug-likeness (QED) is 0.670. The topological polar surface area (TPSA) is 84.2 Å². The summed E-state index contributed by atoms with van der Waals surface area (Å²) in [6.07, 6.45) is 3.03. The third kappa shape index (κ3) is 5.40. The number of para-hydroxylation sites is 1. The first-order valence-corrected chi connectivity index (χ1v) is 8.17. The van der Waals surface area contributed by atoms with Gasteiger partial charge in [0, 0.05) is 29.5 Å². The maximum Gasteiger partial charge on any atom is 0.225 e. The van der Waals surface area contributed by atoms with Crippen LogP contribution in [0, 0.1) is 0 Å². The zero-order chi connectivity index (χ0) is 15.1. The van der Waals surface area contributed by atoms with E-state index < -0.39 is 0 Å². The number of hydrogen-bond donors (Lipinski definition) is 3. The molecule has 6 heteroatoms. The van der Waals surface area contributed by atoms with E-state index in [9.17, 15) is 9.59 Å². The van der Waals surface area contributed by atoms with Gasteiger partial charge in [0.25, 0.3) is 0 Å². The fourth-order valence-corrected chi connectivity index (χ4v) is 3.29. The van der Waals surface area contributed by atoms with Gasteiger partial charge in [0.15, 0.2) is 0 Å². The molecule has 1 unspecified atom stereocenters. The minimum absolute atomic E-state index is 0.0253. The van der Waals surface area contributed by atoms with Crippen LogP contribution in [0.2, 0.25) is 0 Å². The van der Waals surface area contributed by atoms with Crippen LogP contribution in [0.1, 0.15) is 25.7 Å². The van der Waals surface area contributed by atoms with Crippen molar-refractivity contribution in [1.82, 2.24) is 5.32 Å². The first-order valence-electron chi connectivity index (χ1n) is 7.18. The molecular weight excluding hydrogens is 286 g/mol. The molecule has 0 aromatic heterocycles. The molecule has 1 aliphatic heterocycles. The van der Waals surface area contributed by atoms with Gasteiger partial charge in [-0.05, 0) is 31.5 Å². The second kappa shape index (κ2) is 8.05. The Morgan fingerprint density at radius 2 is 2.19 bits per heavy atom. The number of amides is 2. The smallest absolute Gasteiger partial charge is 0.225 e. The third-order valence-corrected chi connectivity index (χ3v) is 4.44. The number of rotatable bonds is 7. The summed E-state index contributed by atoms with van der Waals surface area (Å²) in [6.45, 7) is 0.998. The van der Waals surface area contributed by atoms with Gasteiger partial charge in [-0.2, -0.15) is 0 Å². The van der Waals surface area contributed by atoms with Crippen LogP contribution >= 0.6 is 11.8 Å². The summed E-state index contributed by atoms with van der Waals surface area (Å²) < 4.78 is 0. The maximum absolute atomic E-state index is 12.1. The molecule has 0 spiro atoms. The number of hydrogen-bond acceptors (Lipinski definition) is 4. The molecule has 114 valence electrons. The molecule has 1 fully saturated rings. The number of nitrogens with one attached hydrogen (secondary N) is 2. The lowest BCUT2D eigenvalue weighted by Gasteiger charge is -2.13. The Bertz CT molecular complexity index is 501. The predicted octanol–water partition coefficient (Wildman–Crippen LogP) is 1.73. The van der Waals surface area contributed by atoms with Crippen LogP contribution in [0.25, 0.3) is 0 Å². The van der Waals surface area contributed by atoms with Crippen molar-refractivity contribution in [3.63, 3.8) is 0 Å². The van der Waals surface area contributed by atoms with Crippen molar-refractivity contribution in [2.45, 2.75) is 36.6 Å². The van der Waals surface area contributed by atoms with Crippen LogP contribution in [0.15, 0.2) is 29.2 Å². The lowest BCUT2D eigenvalue weighted by Crippen LogP contribution is -2.27. The van der Waals surface area contributed by atoms with Crippen molar-refractivity contribution in [3.05, 3.63) is 24.3 Å². The minimum Gasteiger partial charge on any atom is -0.370 e. The van der Waals surface area contributed by atoms with Gasteiger partial charge in [-0.3, -0.25) is 9.59 Å². The predicted molar refractivity (Wildman–Crippen MR) is 85.2 cm³/mol. The van der Waals surface area contributed by atoms with E-state index >= 15 is 0 Å². The van der Waals surface area contributed by atoms with Crippen LogP contribution < -0.4 is 16.4 Å². The summed E-state index contributed by atoms with van der Waals surface area (Å²) in [5, 5.41) is 6.28. The Morgan fingerprint density at radius 1 is 1.38 bits per heavy atom. The zero-order valence-electron chi connectivity index (χ0n) is 11.9. The van der Waals surface area contributed by atoms with Crippen molar-refractivity contribution in [3.8, 4) is 0 Å². The van der Waals surface area contributed by atoms with Crippen LogP contribution in [0.5, 0.6) is 0 Å². The average Bonchev–Trinajstić information content (AvgIpc) is 2.93. The van der Waals surface area contributed by atoms with Gasteiger partial charge >= 0.3 is 0 Å². The van der Waals surface area contributed by atoms with Gasteiger partial charge in [-0.1, -0.05) is 12.1 Å². The third-order valence-electron chi connectivity index (χ3n) is 3.36. The summed E-state index contributed by atoms with van der Waals surface area (Å²) in [5.74, 6) is 0.334. The second-order valence-corrected chi connectivity index (χ2v) is 6.24. The highest BCUT2D eigenvalue weighted by Crippen LogP contribution is 2.27. The fourth-order valence-electron chi connectivity index (χ4n) is 2.31. The van der Waals surface area contributed by atoms with E-state index in [-0.39, 0.29) is 11.8 Å². The molecule has 1 heterocycles. The highest BCUT2D eigenvalue weighted by molar-refractivity contribution is 7.99. The van der Waals surface area contributed by atoms with E-state index in [1.54, 1.807) is 0 Å². The first kappa shape index (κ1) is 15.9. The zero-order valence-corrected chi connectivity index (χ0v) is 12.7. The molecule has 4 N–H and O–H groups in total. The van der Waals surface area contributed by atoms with E-state index in [0.717, 1.165) is 30.0 Å². The number of benzene rings is 1. The molecule has 1 atom stereocenters. The minimum atomic E-state index is -0.309. The lowest BCUT2D eigenvalue weighted by atomic mass is 10.1. The standard InChI is InChI=1S/C15H21N3O2S/c16-14(19)7-9-21-13-6-2-1-5-12(13)18-15(20)10-11-4-3-8-17-11/h1-2,5-6,11,17H,3-4,7-10H2,(H2,16,19)(H,18,20). The molecule has 1 aromatic carbocycles. The number of nitrogens with two attached hydrogens (primary N) is 1. The number of thioether (sulfide) groups is 1. The summed E-state index contributed by atoms with van der Waals surface area (Å²) in [6, 6.07) is 7.92. The van der Waals surface area contributed by atoms with E-state index in [4.69, 9.17) is 5.73 Å². The van der Waals surface area contributed by atoms with Gasteiger partial charge < -0.3 is 16.4 Å². The molecule has 1 aromatic rings. The maximum atomic E-state index is 12.1. The van der Waals surface area contributed by atoms with Gasteiger partial charge in [0.2, 0.25) is 11.8 Å². The number of carbonyl (C=O) groups is 2. The highest BCUT2D eigenvalue weighted by Gasteiger charge is 2.18. The van der Waals surface area contributed by atoms with Crippen molar-refractivity contribution >= 4 is 29.3 Å². The Balaban J connectivity index is 1.89. The Morgan fingerprint density at radius 3 is 2.90 bits per heavy atom. The van der Waals surface area contributed by atoms with Gasteiger partial charge in [0.05, 0.1) is 5.69 Å². The molecule has 2 amide bonds. The van der Waals surface area contributed by atoms with Gasteiger partial charge in [-0.15, -0.1) is 11.8 Å². The molecule has 0 radical (unpaired) electrons. The average molecular weight is 307 g/mol. The molecule has 0 saturated carbocycles. The Labute approximate surface area is 129 Å². The molecule has 5 nitrogen and oxygen atoms in total. The van der Waals surface area contributed by atoms with Crippen molar-refractivity contribution in [2.24, 2.45) is 5.73 Å². The number of anilines is 1. The largest absolute Gasteiger partial charge is 0.370 e. The lowest BCUT2D eigenvalue weighted by molar-refractivity contribution is -0.118. The van der Waals surface area contributed by atoms with Gasteiger partial charge in [-0.25, -0.2) is 0 Å². The number of carbonyl (C=O) groups excluding carboxylic acids is 2. The van der Waals surface area contributed by atoms with Crippen molar-refractivity contribution < 1.29 is 9.59 Å². The monoisotopic (exact) mass is 307 g/mol. The molecular formula is C15H21N3O2S. The van der Waals surface area contributed by atoms with E-state index in [1.807, 2.05) is 24.3 Å². The van der Waals surface area contributed by atoms with E-state index in [2.05, 4.69) is 10.6 Å².